The number of hydrogen-bond donors (Lipinski definition) is 3. The first-order chi connectivity index (χ1) is 18.9. The number of β-amino-alcohol motifs (C(OH)–C–C–N with tert-alkyl or cyclic N) is 1. The van der Waals surface area contributed by atoms with Crippen LogP contribution < -0.4 is 15.6 Å². The molecule has 5 rings (SSSR count). The SMILES string of the molecule is CC(=O)N1CCC2(CC1)CN(c1cc(Nc3cc(CC(C)C)ccn3)nc(C3=CN(CC(C)(C)O)NC3C)n1)C2. The van der Waals surface area contributed by atoms with E-state index in [0.717, 1.165) is 62.7 Å². The van der Waals surface area contributed by atoms with Crippen molar-refractivity contribution in [3.63, 3.8) is 0 Å². The lowest BCUT2D eigenvalue weighted by Crippen LogP contribution is -2.61. The fraction of sp³-hybridized carbons (Fsp3) is 0.600. The number of nitrogens with one attached hydrogen (secondary N) is 2. The van der Waals surface area contributed by atoms with Crippen molar-refractivity contribution in [2.75, 3.05) is 42.9 Å². The van der Waals surface area contributed by atoms with Gasteiger partial charge >= 0.3 is 0 Å². The average molecular weight is 549 g/mol. The molecule has 1 spiro atoms. The Morgan fingerprint density at radius 1 is 1.20 bits per heavy atom. The molecule has 2 fully saturated rings. The highest BCUT2D eigenvalue weighted by atomic mass is 16.3. The minimum atomic E-state index is -0.843. The maximum absolute atomic E-state index is 11.8. The third-order valence-electron chi connectivity index (χ3n) is 8.02. The fourth-order valence-electron chi connectivity index (χ4n) is 5.99. The number of hydrazine groups is 1. The summed E-state index contributed by atoms with van der Waals surface area (Å²) in [6, 6.07) is 6.16. The molecule has 10 heteroatoms. The number of carbonyl (C=O) groups is 1. The molecule has 3 aliphatic rings. The zero-order chi connectivity index (χ0) is 28.7. The van der Waals surface area contributed by atoms with Crippen LogP contribution in [-0.4, -0.2) is 80.2 Å². The molecule has 216 valence electrons. The maximum Gasteiger partial charge on any atom is 0.219 e. The maximum atomic E-state index is 11.8. The molecular formula is C30H44N8O2. The molecule has 40 heavy (non-hydrogen) atoms. The lowest BCUT2D eigenvalue weighted by atomic mass is 9.72. The molecule has 1 unspecified atom stereocenters. The molecule has 2 saturated heterocycles. The van der Waals surface area contributed by atoms with E-state index in [0.29, 0.717) is 24.1 Å². The van der Waals surface area contributed by atoms with Gasteiger partial charge in [-0.1, -0.05) is 13.8 Å². The second-order valence-corrected chi connectivity index (χ2v) is 12.9. The lowest BCUT2D eigenvalue weighted by Gasteiger charge is -2.54. The van der Waals surface area contributed by atoms with Gasteiger partial charge in [-0.05, 0) is 63.6 Å². The smallest absolute Gasteiger partial charge is 0.219 e. The van der Waals surface area contributed by atoms with Gasteiger partial charge in [-0.25, -0.2) is 20.4 Å². The standard InChI is InChI=1S/C30H44N8O2/c1-20(2)13-23-7-10-31-25(14-23)32-26-15-27(37-18-30(19-37)8-11-36(12-9-30)22(4)39)34-28(33-26)24-16-38(35-21(24)3)17-29(5,6)40/h7,10,14-16,20-21,35,40H,8-9,11-13,17-19H2,1-6H3,(H,31,32,33,34). The van der Waals surface area contributed by atoms with Crippen molar-refractivity contribution >= 4 is 28.9 Å². The number of hydrogen-bond acceptors (Lipinski definition) is 9. The molecule has 10 nitrogen and oxygen atoms in total. The molecular weight excluding hydrogens is 504 g/mol. The summed E-state index contributed by atoms with van der Waals surface area (Å²) in [7, 11) is 0. The first kappa shape index (κ1) is 28.3. The highest BCUT2D eigenvalue weighted by Crippen LogP contribution is 2.43. The molecule has 1 atom stereocenters. The summed E-state index contributed by atoms with van der Waals surface area (Å²) in [6.45, 7) is 15.7. The predicted molar refractivity (Wildman–Crippen MR) is 158 cm³/mol. The van der Waals surface area contributed by atoms with Gasteiger partial charge in [0.2, 0.25) is 5.91 Å². The van der Waals surface area contributed by atoms with E-state index in [-0.39, 0.29) is 17.4 Å². The lowest BCUT2D eigenvalue weighted by molar-refractivity contribution is -0.131. The molecule has 1 amide bonds. The van der Waals surface area contributed by atoms with Crippen LogP contribution in [0.4, 0.5) is 17.5 Å². The molecule has 3 aliphatic heterocycles. The minimum Gasteiger partial charge on any atom is -0.389 e. The Morgan fingerprint density at radius 3 is 2.58 bits per heavy atom. The van der Waals surface area contributed by atoms with Crippen LogP contribution in [0.15, 0.2) is 30.6 Å². The van der Waals surface area contributed by atoms with Gasteiger partial charge in [0.05, 0.1) is 18.2 Å². The fourth-order valence-corrected chi connectivity index (χ4v) is 5.99. The first-order valence-corrected chi connectivity index (χ1v) is 14.5. The number of nitrogens with zero attached hydrogens (tertiary/aromatic N) is 6. The Balaban J connectivity index is 1.41. The third-order valence-corrected chi connectivity index (χ3v) is 8.02. The first-order valence-electron chi connectivity index (χ1n) is 14.5. The van der Waals surface area contributed by atoms with Crippen molar-refractivity contribution in [2.24, 2.45) is 11.3 Å². The summed E-state index contributed by atoms with van der Waals surface area (Å²) in [5, 5.41) is 15.7. The van der Waals surface area contributed by atoms with Crippen LogP contribution in [0.3, 0.4) is 0 Å². The molecule has 5 heterocycles. The number of aromatic nitrogens is 3. The minimum absolute atomic E-state index is 0.00316. The van der Waals surface area contributed by atoms with E-state index in [9.17, 15) is 9.90 Å². The van der Waals surface area contributed by atoms with Gasteiger partial charge in [-0.2, -0.15) is 0 Å². The van der Waals surface area contributed by atoms with Crippen LogP contribution in [0.25, 0.3) is 5.57 Å². The van der Waals surface area contributed by atoms with Gasteiger partial charge < -0.3 is 25.2 Å². The number of amides is 1. The monoisotopic (exact) mass is 548 g/mol. The highest BCUT2D eigenvalue weighted by molar-refractivity contribution is 5.73. The number of anilines is 3. The molecule has 2 aromatic rings. The molecule has 0 radical (unpaired) electrons. The van der Waals surface area contributed by atoms with Crippen molar-refractivity contribution in [2.45, 2.75) is 72.4 Å². The summed E-state index contributed by atoms with van der Waals surface area (Å²) >= 11 is 0. The average Bonchev–Trinajstić information content (AvgIpc) is 3.20. The number of likely N-dealkylation sites (tertiary alicyclic amines) is 1. The van der Waals surface area contributed by atoms with Crippen molar-refractivity contribution in [3.05, 3.63) is 42.0 Å². The summed E-state index contributed by atoms with van der Waals surface area (Å²) in [5.41, 5.74) is 5.02. The topological polar surface area (TPSA) is 110 Å². The number of carbonyl (C=O) groups excluding carboxylic acids is 1. The van der Waals surface area contributed by atoms with E-state index in [1.807, 2.05) is 28.4 Å². The molecule has 0 aromatic carbocycles. The van der Waals surface area contributed by atoms with E-state index < -0.39 is 5.60 Å². The van der Waals surface area contributed by atoms with Crippen LogP contribution in [0.5, 0.6) is 0 Å². The van der Waals surface area contributed by atoms with Gasteiger partial charge in [0.1, 0.15) is 17.5 Å². The van der Waals surface area contributed by atoms with Gasteiger partial charge in [-0.3, -0.25) is 4.79 Å². The van der Waals surface area contributed by atoms with Crippen LogP contribution in [0, 0.1) is 11.3 Å². The second-order valence-electron chi connectivity index (χ2n) is 12.9. The molecule has 0 bridgehead atoms. The zero-order valence-electron chi connectivity index (χ0n) is 24.7. The Kier molecular flexibility index (Phi) is 7.76. The van der Waals surface area contributed by atoms with E-state index in [4.69, 9.17) is 9.97 Å². The Labute approximate surface area is 237 Å². The predicted octanol–water partition coefficient (Wildman–Crippen LogP) is 3.58. The number of rotatable bonds is 8. The van der Waals surface area contributed by atoms with Crippen LogP contribution >= 0.6 is 0 Å². The Bertz CT molecular complexity index is 1250. The molecule has 0 aliphatic carbocycles. The van der Waals surface area contributed by atoms with E-state index in [2.05, 4.69) is 53.5 Å². The summed E-state index contributed by atoms with van der Waals surface area (Å²) in [4.78, 5) is 30.6. The normalized spacial score (nSPS) is 20.6. The van der Waals surface area contributed by atoms with Gasteiger partial charge in [0.15, 0.2) is 5.82 Å². The van der Waals surface area contributed by atoms with Crippen molar-refractivity contribution < 1.29 is 9.90 Å². The Hall–Kier alpha value is -3.24. The third kappa shape index (κ3) is 6.55. The number of aliphatic hydroxyl groups is 1. The largest absolute Gasteiger partial charge is 0.389 e. The summed E-state index contributed by atoms with van der Waals surface area (Å²) < 4.78 is 0. The highest BCUT2D eigenvalue weighted by Gasteiger charge is 2.46. The molecule has 2 aromatic heterocycles. The van der Waals surface area contributed by atoms with Gasteiger partial charge in [-0.15, -0.1) is 0 Å². The van der Waals surface area contributed by atoms with E-state index in [1.54, 1.807) is 20.8 Å². The number of piperidine rings is 1. The van der Waals surface area contributed by atoms with Crippen molar-refractivity contribution in [3.8, 4) is 0 Å². The zero-order valence-corrected chi connectivity index (χ0v) is 24.7. The van der Waals surface area contributed by atoms with Crippen LogP contribution in [-0.2, 0) is 11.2 Å². The van der Waals surface area contributed by atoms with Crippen LogP contribution in [0.1, 0.15) is 65.8 Å². The van der Waals surface area contributed by atoms with E-state index in [1.165, 1.54) is 5.56 Å². The Morgan fingerprint density at radius 2 is 1.93 bits per heavy atom. The van der Waals surface area contributed by atoms with Crippen molar-refractivity contribution in [1.82, 2.24) is 30.3 Å². The van der Waals surface area contributed by atoms with Gasteiger partial charge in [0.25, 0.3) is 0 Å². The van der Waals surface area contributed by atoms with Crippen molar-refractivity contribution in [1.29, 1.82) is 0 Å². The summed E-state index contributed by atoms with van der Waals surface area (Å²) in [6.07, 6.45) is 6.88. The summed E-state index contributed by atoms with van der Waals surface area (Å²) in [5.74, 6) is 3.74. The number of pyridine rings is 1. The molecule has 3 N–H and O–H groups in total. The van der Waals surface area contributed by atoms with E-state index >= 15 is 0 Å². The van der Waals surface area contributed by atoms with Gasteiger partial charge in [0, 0.05) is 62.6 Å². The quantitative estimate of drug-likeness (QED) is 0.456. The molecule has 0 saturated carbocycles. The second kappa shape index (κ2) is 11.0. The van der Waals surface area contributed by atoms with Crippen LogP contribution in [0.2, 0.25) is 0 Å².